The van der Waals surface area contributed by atoms with Crippen LogP contribution in [0.2, 0.25) is 0 Å². The van der Waals surface area contributed by atoms with Crippen molar-refractivity contribution in [3.8, 4) is 17.2 Å². The van der Waals surface area contributed by atoms with E-state index in [9.17, 15) is 4.79 Å². The van der Waals surface area contributed by atoms with Crippen LogP contribution in [0.4, 0.5) is 5.69 Å². The second kappa shape index (κ2) is 9.00. The number of methoxy groups -OCH3 is 1. The maximum atomic E-state index is 13.0. The lowest BCUT2D eigenvalue weighted by Crippen LogP contribution is -2.13. The number of furan rings is 1. The molecule has 0 aliphatic heterocycles. The molecule has 0 unspecified atom stereocenters. The van der Waals surface area contributed by atoms with Crippen LogP contribution in [-0.4, -0.2) is 26.2 Å². The fourth-order valence-electron chi connectivity index (χ4n) is 3.46. The van der Waals surface area contributed by atoms with Crippen LogP contribution in [0, 0.1) is 0 Å². The molecule has 1 heterocycles. The molecule has 0 aliphatic rings. The molecule has 0 aliphatic carbocycles. The molecule has 4 aromatic rings. The molecule has 6 heteroatoms. The highest BCUT2D eigenvalue weighted by Gasteiger charge is 2.16. The summed E-state index contributed by atoms with van der Waals surface area (Å²) in [5.74, 6) is 1.45. The average molecular weight is 419 g/mol. The summed E-state index contributed by atoms with van der Waals surface area (Å²) in [6.07, 6.45) is 0.887. The zero-order valence-electron chi connectivity index (χ0n) is 17.9. The second-order valence-electron chi connectivity index (χ2n) is 7.04. The van der Waals surface area contributed by atoms with E-state index in [0.29, 0.717) is 47.3 Å². The number of para-hydroxylation sites is 1. The molecule has 6 nitrogen and oxygen atoms in total. The van der Waals surface area contributed by atoms with Gasteiger partial charge < -0.3 is 23.9 Å². The van der Waals surface area contributed by atoms with Gasteiger partial charge in [0.15, 0.2) is 11.5 Å². The Morgan fingerprint density at radius 3 is 2.52 bits per heavy atom. The lowest BCUT2D eigenvalue weighted by molar-refractivity contribution is 0.102. The van der Waals surface area contributed by atoms with Gasteiger partial charge in [-0.25, -0.2) is 0 Å². The number of rotatable bonds is 8. The third kappa shape index (κ3) is 4.14. The number of fused-ring (bicyclic) bond motifs is 3. The number of hydrogen-bond acceptors (Lipinski definition) is 5. The SMILES string of the molecule is CCCOc1ccc(C(=O)Nc2cc3oc4ccccc4c3cc2OC)cc1OCC. The highest BCUT2D eigenvalue weighted by molar-refractivity contribution is 6.10. The van der Waals surface area contributed by atoms with Crippen LogP contribution in [0.1, 0.15) is 30.6 Å². The van der Waals surface area contributed by atoms with E-state index in [1.165, 1.54) is 0 Å². The minimum atomic E-state index is -0.281. The molecule has 0 spiro atoms. The Kier molecular flexibility index (Phi) is 5.98. The zero-order valence-corrected chi connectivity index (χ0v) is 17.9. The molecule has 0 bridgehead atoms. The predicted molar refractivity (Wildman–Crippen MR) is 122 cm³/mol. The van der Waals surface area contributed by atoms with Gasteiger partial charge in [0.2, 0.25) is 0 Å². The Labute approximate surface area is 180 Å². The van der Waals surface area contributed by atoms with Crippen LogP contribution in [-0.2, 0) is 0 Å². The molecular formula is C25H25NO5. The molecular weight excluding hydrogens is 394 g/mol. The Morgan fingerprint density at radius 2 is 1.74 bits per heavy atom. The van der Waals surface area contributed by atoms with Crippen LogP contribution in [0.25, 0.3) is 21.9 Å². The maximum absolute atomic E-state index is 13.0. The summed E-state index contributed by atoms with van der Waals surface area (Å²) < 4.78 is 22.9. The van der Waals surface area contributed by atoms with Gasteiger partial charge in [-0.15, -0.1) is 0 Å². The van der Waals surface area contributed by atoms with E-state index in [1.54, 1.807) is 31.4 Å². The van der Waals surface area contributed by atoms with Crippen molar-refractivity contribution < 1.29 is 23.4 Å². The standard InChI is InChI=1S/C25H25NO5/c1-4-12-30-21-11-10-16(13-24(21)29-5-2)25(27)26-19-15-22-18(14-23(19)28-3)17-8-6-7-9-20(17)31-22/h6-11,13-15H,4-5,12H2,1-3H3,(H,26,27). The average Bonchev–Trinajstić information content (AvgIpc) is 3.15. The van der Waals surface area contributed by atoms with Crippen LogP contribution in [0.15, 0.2) is 59.0 Å². The first-order chi connectivity index (χ1) is 15.1. The van der Waals surface area contributed by atoms with Gasteiger partial charge in [0, 0.05) is 22.4 Å². The summed E-state index contributed by atoms with van der Waals surface area (Å²) in [5, 5.41) is 4.86. The monoisotopic (exact) mass is 419 g/mol. The Balaban J connectivity index is 1.66. The van der Waals surface area contributed by atoms with Gasteiger partial charge in [0.05, 0.1) is 26.0 Å². The van der Waals surface area contributed by atoms with E-state index in [4.69, 9.17) is 18.6 Å². The van der Waals surface area contributed by atoms with E-state index < -0.39 is 0 Å². The number of hydrogen-bond donors (Lipinski definition) is 1. The minimum absolute atomic E-state index is 0.281. The summed E-state index contributed by atoms with van der Waals surface area (Å²) in [6.45, 7) is 4.99. The summed E-state index contributed by atoms with van der Waals surface area (Å²) in [4.78, 5) is 13.0. The van der Waals surface area contributed by atoms with Crippen LogP contribution in [0.5, 0.6) is 17.2 Å². The number of carbonyl (C=O) groups excluding carboxylic acids is 1. The third-order valence-corrected chi connectivity index (χ3v) is 4.91. The lowest BCUT2D eigenvalue weighted by atomic mass is 10.1. The molecule has 1 aromatic heterocycles. The molecule has 4 rings (SSSR count). The van der Waals surface area contributed by atoms with Crippen molar-refractivity contribution in [3.63, 3.8) is 0 Å². The number of benzene rings is 3. The highest BCUT2D eigenvalue weighted by Crippen LogP contribution is 2.37. The number of amides is 1. The molecule has 0 saturated carbocycles. The van der Waals surface area contributed by atoms with Crippen LogP contribution < -0.4 is 19.5 Å². The van der Waals surface area contributed by atoms with Crippen molar-refractivity contribution in [2.75, 3.05) is 25.6 Å². The van der Waals surface area contributed by atoms with Crippen molar-refractivity contribution in [1.82, 2.24) is 0 Å². The van der Waals surface area contributed by atoms with Gasteiger partial charge >= 0.3 is 0 Å². The van der Waals surface area contributed by atoms with E-state index in [1.807, 2.05) is 44.2 Å². The second-order valence-corrected chi connectivity index (χ2v) is 7.04. The van der Waals surface area contributed by atoms with E-state index in [2.05, 4.69) is 5.32 Å². The summed E-state index contributed by atoms with van der Waals surface area (Å²) in [6, 6.07) is 16.6. The van der Waals surface area contributed by atoms with Gasteiger partial charge in [-0.1, -0.05) is 25.1 Å². The number of carbonyl (C=O) groups is 1. The number of nitrogens with one attached hydrogen (secondary N) is 1. The molecule has 0 saturated heterocycles. The molecule has 31 heavy (non-hydrogen) atoms. The van der Waals surface area contributed by atoms with E-state index in [0.717, 1.165) is 22.8 Å². The molecule has 3 aromatic carbocycles. The summed E-state index contributed by atoms with van der Waals surface area (Å²) in [5.41, 5.74) is 2.45. The Bertz CT molecular complexity index is 1230. The fraction of sp³-hybridized carbons (Fsp3) is 0.240. The van der Waals surface area contributed by atoms with Crippen molar-refractivity contribution in [2.24, 2.45) is 0 Å². The van der Waals surface area contributed by atoms with Crippen molar-refractivity contribution >= 4 is 33.5 Å². The van der Waals surface area contributed by atoms with Crippen molar-refractivity contribution in [3.05, 3.63) is 60.2 Å². The van der Waals surface area contributed by atoms with Gasteiger partial charge in [-0.3, -0.25) is 4.79 Å². The molecule has 160 valence electrons. The minimum Gasteiger partial charge on any atom is -0.495 e. The fourth-order valence-corrected chi connectivity index (χ4v) is 3.46. The van der Waals surface area contributed by atoms with Gasteiger partial charge in [-0.2, -0.15) is 0 Å². The zero-order chi connectivity index (χ0) is 21.8. The quantitative estimate of drug-likeness (QED) is 0.377. The van der Waals surface area contributed by atoms with Gasteiger partial charge in [0.1, 0.15) is 16.9 Å². The Hall–Kier alpha value is -3.67. The first kappa shape index (κ1) is 20.6. The molecule has 0 atom stereocenters. The first-order valence-corrected chi connectivity index (χ1v) is 10.3. The molecule has 0 fully saturated rings. The van der Waals surface area contributed by atoms with E-state index in [-0.39, 0.29) is 5.91 Å². The highest BCUT2D eigenvalue weighted by atomic mass is 16.5. The van der Waals surface area contributed by atoms with Gasteiger partial charge in [0.25, 0.3) is 5.91 Å². The maximum Gasteiger partial charge on any atom is 0.255 e. The number of ether oxygens (including phenoxy) is 3. The van der Waals surface area contributed by atoms with Crippen LogP contribution in [0.3, 0.4) is 0 Å². The normalized spacial score (nSPS) is 10.9. The number of anilines is 1. The lowest BCUT2D eigenvalue weighted by Gasteiger charge is -2.14. The summed E-state index contributed by atoms with van der Waals surface area (Å²) in [7, 11) is 1.58. The first-order valence-electron chi connectivity index (χ1n) is 10.3. The smallest absolute Gasteiger partial charge is 0.255 e. The van der Waals surface area contributed by atoms with Crippen LogP contribution >= 0.6 is 0 Å². The third-order valence-electron chi connectivity index (χ3n) is 4.91. The van der Waals surface area contributed by atoms with Gasteiger partial charge in [-0.05, 0) is 43.7 Å². The molecule has 1 amide bonds. The summed E-state index contributed by atoms with van der Waals surface area (Å²) >= 11 is 0. The molecule has 1 N–H and O–H groups in total. The Morgan fingerprint density at radius 1 is 0.903 bits per heavy atom. The largest absolute Gasteiger partial charge is 0.495 e. The van der Waals surface area contributed by atoms with E-state index >= 15 is 0 Å². The predicted octanol–water partition coefficient (Wildman–Crippen LogP) is 6.03. The van der Waals surface area contributed by atoms with Crippen molar-refractivity contribution in [2.45, 2.75) is 20.3 Å². The topological polar surface area (TPSA) is 69.9 Å². The van der Waals surface area contributed by atoms with Crippen molar-refractivity contribution in [1.29, 1.82) is 0 Å². The molecule has 0 radical (unpaired) electrons.